The highest BCUT2D eigenvalue weighted by molar-refractivity contribution is 4.97. The van der Waals surface area contributed by atoms with Gasteiger partial charge in [-0.1, -0.05) is 13.8 Å². The average molecular weight is 268 g/mol. The summed E-state index contributed by atoms with van der Waals surface area (Å²) in [6.07, 6.45) is 8.13. The maximum absolute atomic E-state index is 6.18. The molecule has 0 radical (unpaired) electrons. The fraction of sp³-hybridized carbons (Fsp3) is 1.00. The Morgan fingerprint density at radius 2 is 1.74 bits per heavy atom. The number of hydrogen-bond donors (Lipinski definition) is 1. The van der Waals surface area contributed by atoms with Crippen molar-refractivity contribution in [1.29, 1.82) is 0 Å². The summed E-state index contributed by atoms with van der Waals surface area (Å²) in [7, 11) is 1.84. The van der Waals surface area contributed by atoms with Crippen LogP contribution in [0.25, 0.3) is 0 Å². The van der Waals surface area contributed by atoms with Gasteiger partial charge in [-0.3, -0.25) is 4.90 Å². The SMILES string of the molecule is COC1CCN(C2(CN)CCC(C(C)C)CC2)CC1. The van der Waals surface area contributed by atoms with Gasteiger partial charge in [-0.2, -0.15) is 0 Å². The van der Waals surface area contributed by atoms with E-state index in [0.29, 0.717) is 11.6 Å². The third-order valence-corrected chi connectivity index (χ3v) is 5.73. The lowest BCUT2D eigenvalue weighted by molar-refractivity contribution is -0.0240. The minimum absolute atomic E-state index is 0.296. The van der Waals surface area contributed by atoms with Crippen LogP contribution >= 0.6 is 0 Å². The van der Waals surface area contributed by atoms with E-state index in [1.54, 1.807) is 0 Å². The van der Waals surface area contributed by atoms with Crippen LogP contribution in [0.3, 0.4) is 0 Å². The van der Waals surface area contributed by atoms with E-state index < -0.39 is 0 Å². The summed E-state index contributed by atoms with van der Waals surface area (Å²) in [5.74, 6) is 1.74. The van der Waals surface area contributed by atoms with Crippen molar-refractivity contribution in [1.82, 2.24) is 4.90 Å². The maximum Gasteiger partial charge on any atom is 0.0595 e. The van der Waals surface area contributed by atoms with Crippen molar-refractivity contribution in [3.8, 4) is 0 Å². The first kappa shape index (κ1) is 15.3. The first-order chi connectivity index (χ1) is 9.11. The highest BCUT2D eigenvalue weighted by Crippen LogP contribution is 2.40. The van der Waals surface area contributed by atoms with Gasteiger partial charge in [-0.05, 0) is 50.4 Å². The van der Waals surface area contributed by atoms with E-state index in [-0.39, 0.29) is 0 Å². The molecule has 0 amide bonds. The second-order valence-electron chi connectivity index (χ2n) is 6.93. The van der Waals surface area contributed by atoms with Crippen molar-refractivity contribution in [2.24, 2.45) is 17.6 Å². The first-order valence-electron chi connectivity index (χ1n) is 8.09. The van der Waals surface area contributed by atoms with E-state index in [4.69, 9.17) is 10.5 Å². The molecule has 19 heavy (non-hydrogen) atoms. The van der Waals surface area contributed by atoms with Gasteiger partial charge >= 0.3 is 0 Å². The van der Waals surface area contributed by atoms with Crippen molar-refractivity contribution in [3.05, 3.63) is 0 Å². The number of hydrogen-bond acceptors (Lipinski definition) is 3. The molecule has 0 aromatic heterocycles. The number of nitrogens with two attached hydrogens (primary N) is 1. The Morgan fingerprint density at radius 3 is 2.16 bits per heavy atom. The summed E-state index contributed by atoms with van der Waals surface area (Å²) in [6, 6.07) is 0. The first-order valence-corrected chi connectivity index (χ1v) is 8.09. The zero-order chi connectivity index (χ0) is 13.9. The lowest BCUT2D eigenvalue weighted by Gasteiger charge is -2.50. The van der Waals surface area contributed by atoms with Gasteiger partial charge in [0.1, 0.15) is 0 Å². The largest absolute Gasteiger partial charge is 0.381 e. The van der Waals surface area contributed by atoms with Gasteiger partial charge in [0.2, 0.25) is 0 Å². The fourth-order valence-electron chi connectivity index (χ4n) is 4.06. The van der Waals surface area contributed by atoms with Crippen LogP contribution in [0.1, 0.15) is 52.4 Å². The third-order valence-electron chi connectivity index (χ3n) is 5.73. The van der Waals surface area contributed by atoms with Crippen LogP contribution in [0, 0.1) is 11.8 Å². The van der Waals surface area contributed by atoms with Gasteiger partial charge in [-0.25, -0.2) is 0 Å². The Labute approximate surface area is 118 Å². The number of ether oxygens (including phenoxy) is 1. The minimum Gasteiger partial charge on any atom is -0.381 e. The zero-order valence-corrected chi connectivity index (χ0v) is 13.0. The Kier molecular flexibility index (Phi) is 5.27. The Hall–Kier alpha value is -0.120. The number of piperidine rings is 1. The fourth-order valence-corrected chi connectivity index (χ4v) is 4.06. The van der Waals surface area contributed by atoms with Crippen LogP contribution in [-0.4, -0.2) is 43.3 Å². The molecule has 3 nitrogen and oxygen atoms in total. The van der Waals surface area contributed by atoms with Crippen LogP contribution in [0.2, 0.25) is 0 Å². The molecule has 0 unspecified atom stereocenters. The van der Waals surface area contributed by atoms with E-state index in [0.717, 1.165) is 18.4 Å². The number of nitrogens with zero attached hydrogens (tertiary/aromatic N) is 1. The van der Waals surface area contributed by atoms with Crippen LogP contribution in [0.5, 0.6) is 0 Å². The van der Waals surface area contributed by atoms with Crippen molar-refractivity contribution in [3.63, 3.8) is 0 Å². The topological polar surface area (TPSA) is 38.5 Å². The van der Waals surface area contributed by atoms with Crippen LogP contribution in [0.15, 0.2) is 0 Å². The molecule has 2 N–H and O–H groups in total. The second kappa shape index (κ2) is 6.55. The number of methoxy groups -OCH3 is 1. The third kappa shape index (κ3) is 3.32. The summed E-state index contributed by atoms with van der Waals surface area (Å²) in [5, 5.41) is 0. The van der Waals surface area contributed by atoms with E-state index >= 15 is 0 Å². The monoisotopic (exact) mass is 268 g/mol. The van der Waals surface area contributed by atoms with Crippen molar-refractivity contribution in [2.45, 2.75) is 64.0 Å². The molecule has 112 valence electrons. The smallest absolute Gasteiger partial charge is 0.0595 e. The quantitative estimate of drug-likeness (QED) is 0.852. The van der Waals surface area contributed by atoms with Gasteiger partial charge in [-0.15, -0.1) is 0 Å². The average Bonchev–Trinajstić information content (AvgIpc) is 2.47. The predicted octanol–water partition coefficient (Wildman–Crippen LogP) is 2.64. The highest BCUT2D eigenvalue weighted by Gasteiger charge is 2.40. The molecule has 1 saturated carbocycles. The molecule has 1 aliphatic heterocycles. The van der Waals surface area contributed by atoms with Crippen molar-refractivity contribution >= 4 is 0 Å². The maximum atomic E-state index is 6.18. The van der Waals surface area contributed by atoms with Crippen molar-refractivity contribution in [2.75, 3.05) is 26.7 Å². The van der Waals surface area contributed by atoms with Crippen LogP contribution < -0.4 is 5.73 Å². The van der Waals surface area contributed by atoms with E-state index in [1.807, 2.05) is 7.11 Å². The lowest BCUT2D eigenvalue weighted by atomic mass is 9.71. The standard InChI is InChI=1S/C16H32N2O/c1-13(2)14-4-8-16(12-17,9-5-14)18-10-6-15(19-3)7-11-18/h13-15H,4-12,17H2,1-3H3. The predicted molar refractivity (Wildman–Crippen MR) is 80.2 cm³/mol. The Balaban J connectivity index is 1.93. The molecule has 0 atom stereocenters. The number of rotatable bonds is 4. The minimum atomic E-state index is 0.296. The number of likely N-dealkylation sites (tertiary alicyclic amines) is 1. The molecule has 1 saturated heterocycles. The molecule has 0 aromatic carbocycles. The van der Waals surface area contributed by atoms with Gasteiger partial charge < -0.3 is 10.5 Å². The molecule has 3 heteroatoms. The summed E-state index contributed by atoms with van der Waals surface area (Å²) < 4.78 is 5.48. The lowest BCUT2D eigenvalue weighted by Crippen LogP contribution is -2.58. The molecule has 1 aliphatic carbocycles. The van der Waals surface area contributed by atoms with Gasteiger partial charge in [0.05, 0.1) is 6.10 Å². The summed E-state index contributed by atoms with van der Waals surface area (Å²) >= 11 is 0. The molecular formula is C16H32N2O. The van der Waals surface area contributed by atoms with Gasteiger partial charge in [0.15, 0.2) is 0 Å². The summed E-state index contributed by atoms with van der Waals surface area (Å²) in [6.45, 7) is 7.90. The van der Waals surface area contributed by atoms with E-state index in [2.05, 4.69) is 18.7 Å². The molecule has 0 bridgehead atoms. The highest BCUT2D eigenvalue weighted by atomic mass is 16.5. The van der Waals surface area contributed by atoms with Gasteiger partial charge in [0, 0.05) is 32.3 Å². The van der Waals surface area contributed by atoms with E-state index in [9.17, 15) is 0 Å². The molecule has 0 spiro atoms. The van der Waals surface area contributed by atoms with Gasteiger partial charge in [0.25, 0.3) is 0 Å². The molecule has 2 fully saturated rings. The molecule has 2 rings (SSSR count). The van der Waals surface area contributed by atoms with Crippen molar-refractivity contribution < 1.29 is 4.74 Å². The normalized spacial score (nSPS) is 34.9. The Morgan fingerprint density at radius 1 is 1.16 bits per heavy atom. The van der Waals surface area contributed by atoms with Crippen LogP contribution in [-0.2, 0) is 4.74 Å². The van der Waals surface area contributed by atoms with Crippen LogP contribution in [0.4, 0.5) is 0 Å². The summed E-state index contributed by atoms with van der Waals surface area (Å²) in [5.41, 5.74) is 6.48. The molecular weight excluding hydrogens is 236 g/mol. The second-order valence-corrected chi connectivity index (χ2v) is 6.93. The zero-order valence-electron chi connectivity index (χ0n) is 13.0. The molecule has 1 heterocycles. The summed E-state index contributed by atoms with van der Waals surface area (Å²) in [4.78, 5) is 2.68. The molecule has 2 aliphatic rings. The molecule has 0 aromatic rings. The van der Waals surface area contributed by atoms with E-state index in [1.165, 1.54) is 51.6 Å². The Bertz CT molecular complexity index is 264.